The first-order valence-corrected chi connectivity index (χ1v) is 9.37. The molecule has 2 heterocycles. The molecule has 6 nitrogen and oxygen atoms in total. The first-order chi connectivity index (χ1) is 13.7. The summed E-state index contributed by atoms with van der Waals surface area (Å²) in [5, 5.41) is 4.66. The van der Waals surface area contributed by atoms with Gasteiger partial charge in [0, 0.05) is 30.4 Å². The van der Waals surface area contributed by atoms with E-state index in [0.29, 0.717) is 38.4 Å². The standard InChI is InChI=1S/C22H23N3O3/c1-27-20-8-2-17(3-9-20)16-25-11-10-21(23-25)18-4-6-19(7-5-18)22(26)24-12-14-28-15-13-24/h2-11H,12-16H2,1H3. The summed E-state index contributed by atoms with van der Waals surface area (Å²) >= 11 is 0. The summed E-state index contributed by atoms with van der Waals surface area (Å²) in [5.41, 5.74) is 3.73. The van der Waals surface area contributed by atoms with Crippen LogP contribution in [0.1, 0.15) is 15.9 Å². The molecule has 1 fully saturated rings. The number of benzene rings is 2. The van der Waals surface area contributed by atoms with Crippen LogP contribution >= 0.6 is 0 Å². The number of rotatable bonds is 5. The molecule has 0 saturated carbocycles. The SMILES string of the molecule is COc1ccc(Cn2ccc(-c3ccc(C(=O)N4CCOCC4)cc3)n2)cc1. The van der Waals surface area contributed by atoms with E-state index in [1.165, 1.54) is 0 Å². The van der Waals surface area contributed by atoms with Gasteiger partial charge in [0.2, 0.25) is 0 Å². The number of hydrogen-bond acceptors (Lipinski definition) is 4. The van der Waals surface area contributed by atoms with E-state index in [4.69, 9.17) is 9.47 Å². The van der Waals surface area contributed by atoms with Crippen LogP contribution < -0.4 is 4.74 Å². The Kier molecular flexibility index (Phi) is 5.39. The van der Waals surface area contributed by atoms with E-state index in [1.807, 2.05) is 70.4 Å². The summed E-state index contributed by atoms with van der Waals surface area (Å²) in [4.78, 5) is 14.4. The molecule has 0 bridgehead atoms. The summed E-state index contributed by atoms with van der Waals surface area (Å²) in [7, 11) is 1.66. The van der Waals surface area contributed by atoms with Crippen LogP contribution in [0.4, 0.5) is 0 Å². The first kappa shape index (κ1) is 18.3. The van der Waals surface area contributed by atoms with Crippen molar-refractivity contribution >= 4 is 5.91 Å². The molecule has 0 atom stereocenters. The van der Waals surface area contributed by atoms with Gasteiger partial charge in [0.05, 0.1) is 32.6 Å². The number of carbonyl (C=O) groups is 1. The minimum Gasteiger partial charge on any atom is -0.497 e. The largest absolute Gasteiger partial charge is 0.497 e. The minimum atomic E-state index is 0.0554. The third-order valence-electron chi connectivity index (χ3n) is 4.87. The zero-order valence-electron chi connectivity index (χ0n) is 15.9. The third kappa shape index (κ3) is 4.07. The third-order valence-corrected chi connectivity index (χ3v) is 4.87. The highest BCUT2D eigenvalue weighted by Crippen LogP contribution is 2.19. The molecule has 6 heteroatoms. The van der Waals surface area contributed by atoms with E-state index >= 15 is 0 Å². The molecule has 144 valence electrons. The van der Waals surface area contributed by atoms with Crippen LogP contribution in [0.15, 0.2) is 60.8 Å². The van der Waals surface area contributed by atoms with Gasteiger partial charge >= 0.3 is 0 Å². The molecule has 3 aromatic rings. The smallest absolute Gasteiger partial charge is 0.254 e. The van der Waals surface area contributed by atoms with Crippen molar-refractivity contribution in [3.05, 3.63) is 71.9 Å². The summed E-state index contributed by atoms with van der Waals surface area (Å²) in [6, 6.07) is 17.6. The Morgan fingerprint density at radius 1 is 1.04 bits per heavy atom. The van der Waals surface area contributed by atoms with Gasteiger partial charge in [0.25, 0.3) is 5.91 Å². The van der Waals surface area contributed by atoms with Crippen molar-refractivity contribution < 1.29 is 14.3 Å². The molecule has 0 unspecified atom stereocenters. The zero-order chi connectivity index (χ0) is 19.3. The van der Waals surface area contributed by atoms with Crippen LogP contribution in [0.3, 0.4) is 0 Å². The van der Waals surface area contributed by atoms with Crippen molar-refractivity contribution in [3.63, 3.8) is 0 Å². The molecule has 1 amide bonds. The second-order valence-corrected chi connectivity index (χ2v) is 6.73. The number of hydrogen-bond donors (Lipinski definition) is 0. The van der Waals surface area contributed by atoms with Crippen LogP contribution in [-0.4, -0.2) is 54.0 Å². The normalized spacial score (nSPS) is 14.1. The predicted molar refractivity (Wildman–Crippen MR) is 106 cm³/mol. The van der Waals surface area contributed by atoms with Crippen LogP contribution in [0.25, 0.3) is 11.3 Å². The van der Waals surface area contributed by atoms with Crippen molar-refractivity contribution in [1.29, 1.82) is 0 Å². The fourth-order valence-electron chi connectivity index (χ4n) is 3.25. The van der Waals surface area contributed by atoms with E-state index in [2.05, 4.69) is 5.10 Å². The highest BCUT2D eigenvalue weighted by molar-refractivity contribution is 5.94. The quantitative estimate of drug-likeness (QED) is 0.686. The predicted octanol–water partition coefficient (Wildman–Crippen LogP) is 3.08. The Bertz CT molecular complexity index is 926. The van der Waals surface area contributed by atoms with Gasteiger partial charge in [-0.1, -0.05) is 24.3 Å². The Morgan fingerprint density at radius 2 is 1.75 bits per heavy atom. The summed E-state index contributed by atoms with van der Waals surface area (Å²) < 4.78 is 12.4. The zero-order valence-corrected chi connectivity index (χ0v) is 15.9. The van der Waals surface area contributed by atoms with Gasteiger partial charge in [-0.25, -0.2) is 0 Å². The molecule has 1 aliphatic heterocycles. The number of nitrogens with zero attached hydrogens (tertiary/aromatic N) is 3. The van der Waals surface area contributed by atoms with Crippen LogP contribution in [0, 0.1) is 0 Å². The average molecular weight is 377 g/mol. The highest BCUT2D eigenvalue weighted by atomic mass is 16.5. The number of aromatic nitrogens is 2. The van der Waals surface area contributed by atoms with E-state index in [0.717, 1.165) is 22.6 Å². The molecular formula is C22H23N3O3. The van der Waals surface area contributed by atoms with Gasteiger partial charge in [-0.15, -0.1) is 0 Å². The second kappa shape index (κ2) is 8.27. The Hall–Kier alpha value is -3.12. The minimum absolute atomic E-state index is 0.0554. The van der Waals surface area contributed by atoms with E-state index < -0.39 is 0 Å². The molecule has 1 aliphatic rings. The maximum Gasteiger partial charge on any atom is 0.254 e. The van der Waals surface area contributed by atoms with Gasteiger partial charge in [0.15, 0.2) is 0 Å². The molecule has 4 rings (SSSR count). The topological polar surface area (TPSA) is 56.6 Å². The lowest BCUT2D eigenvalue weighted by Crippen LogP contribution is -2.40. The van der Waals surface area contributed by atoms with Crippen molar-refractivity contribution in [2.45, 2.75) is 6.54 Å². The fourth-order valence-corrected chi connectivity index (χ4v) is 3.25. The van der Waals surface area contributed by atoms with Crippen LogP contribution in [-0.2, 0) is 11.3 Å². The second-order valence-electron chi connectivity index (χ2n) is 6.73. The summed E-state index contributed by atoms with van der Waals surface area (Å²) in [6.45, 7) is 3.20. The van der Waals surface area contributed by atoms with Gasteiger partial charge in [0.1, 0.15) is 5.75 Å². The van der Waals surface area contributed by atoms with Crippen LogP contribution in [0.5, 0.6) is 5.75 Å². The number of methoxy groups -OCH3 is 1. The highest BCUT2D eigenvalue weighted by Gasteiger charge is 2.18. The average Bonchev–Trinajstić information content (AvgIpc) is 3.23. The van der Waals surface area contributed by atoms with Crippen molar-refractivity contribution in [2.75, 3.05) is 33.4 Å². The Morgan fingerprint density at radius 3 is 2.43 bits per heavy atom. The van der Waals surface area contributed by atoms with Gasteiger partial charge in [-0.2, -0.15) is 5.10 Å². The van der Waals surface area contributed by atoms with E-state index in [9.17, 15) is 4.79 Å². The summed E-state index contributed by atoms with van der Waals surface area (Å²) in [5.74, 6) is 0.900. The van der Waals surface area contributed by atoms with Gasteiger partial charge in [-0.05, 0) is 35.9 Å². The molecule has 1 saturated heterocycles. The van der Waals surface area contributed by atoms with Crippen molar-refractivity contribution in [3.8, 4) is 17.0 Å². The lowest BCUT2D eigenvalue weighted by atomic mass is 10.1. The van der Waals surface area contributed by atoms with E-state index in [1.54, 1.807) is 7.11 Å². The fraction of sp³-hybridized carbons (Fsp3) is 0.273. The maximum absolute atomic E-state index is 12.5. The first-order valence-electron chi connectivity index (χ1n) is 9.37. The molecule has 2 aromatic carbocycles. The molecule has 0 radical (unpaired) electrons. The van der Waals surface area contributed by atoms with Crippen molar-refractivity contribution in [2.24, 2.45) is 0 Å². The maximum atomic E-state index is 12.5. The molecule has 0 spiro atoms. The molecule has 0 N–H and O–H groups in total. The summed E-state index contributed by atoms with van der Waals surface area (Å²) in [6.07, 6.45) is 1.96. The lowest BCUT2D eigenvalue weighted by molar-refractivity contribution is 0.0303. The Labute approximate surface area is 164 Å². The van der Waals surface area contributed by atoms with Crippen LogP contribution in [0.2, 0.25) is 0 Å². The number of amides is 1. The van der Waals surface area contributed by atoms with E-state index in [-0.39, 0.29) is 5.91 Å². The monoisotopic (exact) mass is 377 g/mol. The van der Waals surface area contributed by atoms with Gasteiger partial charge in [-0.3, -0.25) is 9.48 Å². The number of carbonyl (C=O) groups excluding carboxylic acids is 1. The lowest BCUT2D eigenvalue weighted by Gasteiger charge is -2.26. The Balaban J connectivity index is 1.43. The van der Waals surface area contributed by atoms with Gasteiger partial charge < -0.3 is 14.4 Å². The van der Waals surface area contributed by atoms with Crippen molar-refractivity contribution in [1.82, 2.24) is 14.7 Å². The number of ether oxygens (including phenoxy) is 2. The molecule has 0 aliphatic carbocycles. The molecular weight excluding hydrogens is 354 g/mol. The number of morpholine rings is 1. The molecule has 28 heavy (non-hydrogen) atoms. The molecule has 1 aromatic heterocycles.